The molecular weight excluding hydrogens is 373 g/mol. The van der Waals surface area contributed by atoms with Crippen molar-refractivity contribution in [2.75, 3.05) is 59.0 Å². The summed E-state index contributed by atoms with van der Waals surface area (Å²) in [6.45, 7) is 7.98. The van der Waals surface area contributed by atoms with Crippen LogP contribution < -0.4 is 10.6 Å². The standard InChI is InChI=1S/C21H32FN5O2/c1-2-23-21(25-16-20(28)27-8-3-4-9-27)24-15-19(26-10-12-29-13-11-26)17-6-5-7-18(22)14-17/h5-7,14,19H,2-4,8-13,15-16H2,1H3,(H2,23,24,25). The summed E-state index contributed by atoms with van der Waals surface area (Å²) < 4.78 is 19.3. The third-order valence-corrected chi connectivity index (χ3v) is 5.36. The van der Waals surface area contributed by atoms with E-state index in [4.69, 9.17) is 4.74 Å². The number of halogens is 1. The van der Waals surface area contributed by atoms with Gasteiger partial charge >= 0.3 is 0 Å². The van der Waals surface area contributed by atoms with Gasteiger partial charge in [-0.1, -0.05) is 12.1 Å². The maximum Gasteiger partial charge on any atom is 0.244 e. The number of benzene rings is 1. The number of nitrogens with one attached hydrogen (secondary N) is 2. The van der Waals surface area contributed by atoms with Crippen molar-refractivity contribution in [3.05, 3.63) is 35.6 Å². The molecule has 8 heteroatoms. The predicted molar refractivity (Wildman–Crippen MR) is 111 cm³/mol. The molecule has 1 aromatic rings. The first-order chi connectivity index (χ1) is 14.2. The Bertz CT molecular complexity index is 687. The number of carbonyl (C=O) groups is 1. The first-order valence-corrected chi connectivity index (χ1v) is 10.5. The van der Waals surface area contributed by atoms with Crippen LogP contribution >= 0.6 is 0 Å². The number of ether oxygens (including phenoxy) is 1. The third-order valence-electron chi connectivity index (χ3n) is 5.36. The van der Waals surface area contributed by atoms with Crippen molar-refractivity contribution in [1.29, 1.82) is 0 Å². The van der Waals surface area contributed by atoms with Crippen molar-refractivity contribution in [2.24, 2.45) is 4.99 Å². The van der Waals surface area contributed by atoms with Gasteiger partial charge in [0.15, 0.2) is 5.96 Å². The number of guanidine groups is 1. The molecule has 1 unspecified atom stereocenters. The SMILES string of the molecule is CCNC(=NCC(=O)N1CCCC1)NCC(c1cccc(F)c1)N1CCOCC1. The van der Waals surface area contributed by atoms with E-state index in [0.29, 0.717) is 32.3 Å². The Kier molecular flexibility index (Phi) is 8.25. The number of hydrogen-bond donors (Lipinski definition) is 2. The predicted octanol–water partition coefficient (Wildman–Crippen LogP) is 1.38. The number of aliphatic imine (C=N–C) groups is 1. The Morgan fingerprint density at radius 1 is 1.21 bits per heavy atom. The van der Waals surface area contributed by atoms with Crippen molar-refractivity contribution in [3.8, 4) is 0 Å². The molecule has 2 N–H and O–H groups in total. The lowest BCUT2D eigenvalue weighted by molar-refractivity contribution is -0.128. The zero-order valence-corrected chi connectivity index (χ0v) is 17.2. The average Bonchev–Trinajstić information content (AvgIpc) is 3.28. The van der Waals surface area contributed by atoms with Gasteiger partial charge in [-0.25, -0.2) is 9.38 Å². The molecule has 1 atom stereocenters. The number of hydrogen-bond acceptors (Lipinski definition) is 4. The van der Waals surface area contributed by atoms with Crippen molar-refractivity contribution in [3.63, 3.8) is 0 Å². The van der Waals surface area contributed by atoms with E-state index in [2.05, 4.69) is 20.5 Å². The largest absolute Gasteiger partial charge is 0.379 e. The highest BCUT2D eigenvalue weighted by atomic mass is 19.1. The Balaban J connectivity index is 1.66. The maximum atomic E-state index is 13.8. The van der Waals surface area contributed by atoms with Crippen LogP contribution in [0.5, 0.6) is 0 Å². The minimum atomic E-state index is -0.238. The van der Waals surface area contributed by atoms with E-state index in [-0.39, 0.29) is 24.3 Å². The molecule has 0 aromatic heterocycles. The van der Waals surface area contributed by atoms with E-state index in [1.807, 2.05) is 17.9 Å². The van der Waals surface area contributed by atoms with Gasteiger partial charge in [0, 0.05) is 39.3 Å². The zero-order chi connectivity index (χ0) is 20.5. The fourth-order valence-corrected chi connectivity index (χ4v) is 3.81. The Morgan fingerprint density at radius 3 is 2.66 bits per heavy atom. The summed E-state index contributed by atoms with van der Waals surface area (Å²) in [4.78, 5) is 20.9. The molecule has 29 heavy (non-hydrogen) atoms. The molecule has 1 aromatic carbocycles. The summed E-state index contributed by atoms with van der Waals surface area (Å²) in [5.41, 5.74) is 0.920. The molecule has 2 aliphatic heterocycles. The Labute approximate surface area is 172 Å². The van der Waals surface area contributed by atoms with Crippen LogP contribution in [0.2, 0.25) is 0 Å². The van der Waals surface area contributed by atoms with E-state index in [9.17, 15) is 9.18 Å². The summed E-state index contributed by atoms with van der Waals surface area (Å²) in [6, 6.07) is 6.73. The molecule has 2 heterocycles. The highest BCUT2D eigenvalue weighted by Crippen LogP contribution is 2.22. The number of carbonyl (C=O) groups excluding carboxylic acids is 1. The third kappa shape index (κ3) is 6.40. The van der Waals surface area contributed by atoms with Crippen LogP contribution in [0.3, 0.4) is 0 Å². The molecule has 2 saturated heterocycles. The normalized spacial score (nSPS) is 19.2. The molecule has 1 amide bonds. The molecule has 0 aliphatic carbocycles. The fourth-order valence-electron chi connectivity index (χ4n) is 3.81. The number of amides is 1. The molecule has 0 spiro atoms. The lowest BCUT2D eigenvalue weighted by Gasteiger charge is -2.35. The minimum absolute atomic E-state index is 0.00672. The topological polar surface area (TPSA) is 69.2 Å². The van der Waals surface area contributed by atoms with Gasteiger partial charge in [0.2, 0.25) is 5.91 Å². The summed E-state index contributed by atoms with van der Waals surface area (Å²) in [5.74, 6) is 0.432. The molecule has 2 aliphatic rings. The lowest BCUT2D eigenvalue weighted by atomic mass is 10.0. The summed E-state index contributed by atoms with van der Waals surface area (Å²) in [5, 5.41) is 6.55. The Morgan fingerprint density at radius 2 is 1.97 bits per heavy atom. The van der Waals surface area contributed by atoms with Crippen LogP contribution in [-0.2, 0) is 9.53 Å². The van der Waals surface area contributed by atoms with Crippen molar-refractivity contribution < 1.29 is 13.9 Å². The molecule has 7 nitrogen and oxygen atoms in total. The summed E-state index contributed by atoms with van der Waals surface area (Å²) >= 11 is 0. The highest BCUT2D eigenvalue weighted by Gasteiger charge is 2.23. The van der Waals surface area contributed by atoms with E-state index >= 15 is 0 Å². The number of morpholine rings is 1. The van der Waals surface area contributed by atoms with E-state index in [1.165, 1.54) is 6.07 Å². The monoisotopic (exact) mass is 405 g/mol. The van der Waals surface area contributed by atoms with E-state index < -0.39 is 0 Å². The second-order valence-corrected chi connectivity index (χ2v) is 7.38. The smallest absolute Gasteiger partial charge is 0.244 e. The van der Waals surface area contributed by atoms with Gasteiger partial charge in [0.1, 0.15) is 12.4 Å². The highest BCUT2D eigenvalue weighted by molar-refractivity contribution is 5.85. The molecule has 0 radical (unpaired) electrons. The molecule has 0 bridgehead atoms. The zero-order valence-electron chi connectivity index (χ0n) is 17.2. The Hall–Kier alpha value is -2.19. The number of nitrogens with zero attached hydrogens (tertiary/aromatic N) is 3. The minimum Gasteiger partial charge on any atom is -0.379 e. The molecule has 3 rings (SSSR count). The molecule has 160 valence electrons. The van der Waals surface area contributed by atoms with Crippen molar-refractivity contribution in [2.45, 2.75) is 25.8 Å². The average molecular weight is 406 g/mol. The van der Waals surface area contributed by atoms with Gasteiger partial charge in [-0.2, -0.15) is 0 Å². The van der Waals surface area contributed by atoms with Crippen LogP contribution in [-0.4, -0.2) is 80.7 Å². The lowest BCUT2D eigenvalue weighted by Crippen LogP contribution is -2.46. The van der Waals surface area contributed by atoms with Gasteiger partial charge in [-0.15, -0.1) is 0 Å². The second-order valence-electron chi connectivity index (χ2n) is 7.38. The maximum absolute atomic E-state index is 13.8. The van der Waals surface area contributed by atoms with Gasteiger partial charge in [0.05, 0.1) is 19.3 Å². The molecule has 2 fully saturated rings. The van der Waals surface area contributed by atoms with Crippen LogP contribution in [0.1, 0.15) is 31.4 Å². The second kappa shape index (κ2) is 11.1. The fraction of sp³-hybridized carbons (Fsp3) is 0.619. The summed E-state index contributed by atoms with van der Waals surface area (Å²) in [6.07, 6.45) is 2.14. The van der Waals surface area contributed by atoms with Crippen LogP contribution in [0.15, 0.2) is 29.3 Å². The van der Waals surface area contributed by atoms with Crippen molar-refractivity contribution in [1.82, 2.24) is 20.4 Å². The van der Waals surface area contributed by atoms with Crippen LogP contribution in [0.4, 0.5) is 4.39 Å². The first-order valence-electron chi connectivity index (χ1n) is 10.5. The van der Waals surface area contributed by atoms with E-state index in [1.54, 1.807) is 12.1 Å². The van der Waals surface area contributed by atoms with Crippen LogP contribution in [0, 0.1) is 5.82 Å². The molecule has 0 saturated carbocycles. The quantitative estimate of drug-likeness (QED) is 0.530. The van der Waals surface area contributed by atoms with Crippen molar-refractivity contribution >= 4 is 11.9 Å². The van der Waals surface area contributed by atoms with Crippen LogP contribution in [0.25, 0.3) is 0 Å². The summed E-state index contributed by atoms with van der Waals surface area (Å²) in [7, 11) is 0. The van der Waals surface area contributed by atoms with Gasteiger partial charge in [0.25, 0.3) is 0 Å². The van der Waals surface area contributed by atoms with Gasteiger partial charge in [-0.3, -0.25) is 9.69 Å². The first kappa shape index (κ1) is 21.5. The number of rotatable bonds is 7. The molecular formula is C21H32FN5O2. The van der Waals surface area contributed by atoms with Gasteiger partial charge < -0.3 is 20.3 Å². The number of likely N-dealkylation sites (tertiary alicyclic amines) is 1. The van der Waals surface area contributed by atoms with E-state index in [0.717, 1.165) is 44.6 Å². The van der Waals surface area contributed by atoms with Gasteiger partial charge in [-0.05, 0) is 37.5 Å².